The number of carbonyl (C=O) groups is 1. The molecule has 7 heteroatoms. The molecule has 1 rings (SSSR count). The fourth-order valence-corrected chi connectivity index (χ4v) is 1.75. The van der Waals surface area contributed by atoms with Gasteiger partial charge in [-0.15, -0.1) is 0 Å². The van der Waals surface area contributed by atoms with E-state index in [1.807, 2.05) is 0 Å². The van der Waals surface area contributed by atoms with E-state index >= 15 is 0 Å². The van der Waals surface area contributed by atoms with Gasteiger partial charge in [-0.2, -0.15) is 0 Å². The van der Waals surface area contributed by atoms with Crippen LogP contribution in [-0.2, 0) is 9.47 Å². The lowest BCUT2D eigenvalue weighted by molar-refractivity contribution is 0.0526. The molecule has 0 aliphatic rings. The Kier molecular flexibility index (Phi) is 5.71. The van der Waals surface area contributed by atoms with Crippen LogP contribution in [0.25, 0.3) is 0 Å². The maximum Gasteiger partial charge on any atom is 0.343 e. The van der Waals surface area contributed by atoms with Crippen LogP contribution in [0.4, 0.5) is 5.82 Å². The van der Waals surface area contributed by atoms with Crippen molar-refractivity contribution < 1.29 is 14.3 Å². The van der Waals surface area contributed by atoms with Crippen molar-refractivity contribution in [2.75, 3.05) is 31.8 Å². The summed E-state index contributed by atoms with van der Waals surface area (Å²) >= 11 is 1.41. The van der Waals surface area contributed by atoms with Crippen LogP contribution in [0.15, 0.2) is 11.4 Å². The topological polar surface area (TPSA) is 87.3 Å². The van der Waals surface area contributed by atoms with Gasteiger partial charge in [0, 0.05) is 19.1 Å². The third-order valence-corrected chi connectivity index (χ3v) is 2.64. The number of hydrogen-bond donors (Lipinski definition) is 1. The molecule has 0 saturated carbocycles. The maximum atomic E-state index is 11.4. The number of nitrogens with zero attached hydrogens (tertiary/aromatic N) is 2. The summed E-state index contributed by atoms with van der Waals surface area (Å²) in [4.78, 5) is 19.5. The first kappa shape index (κ1) is 13.7. The molecule has 0 fully saturated rings. The van der Waals surface area contributed by atoms with Crippen LogP contribution in [0.3, 0.4) is 0 Å². The Bertz CT molecular complexity index is 387. The van der Waals surface area contributed by atoms with Crippen LogP contribution in [0.5, 0.6) is 0 Å². The van der Waals surface area contributed by atoms with Gasteiger partial charge in [0.15, 0.2) is 5.16 Å². The van der Waals surface area contributed by atoms with Crippen molar-refractivity contribution in [3.63, 3.8) is 0 Å². The Morgan fingerprint density at radius 2 is 2.35 bits per heavy atom. The third kappa shape index (κ3) is 4.20. The van der Waals surface area contributed by atoms with E-state index in [1.54, 1.807) is 14.0 Å². The number of ether oxygens (including phenoxy) is 2. The highest BCUT2D eigenvalue weighted by Crippen LogP contribution is 2.16. The number of rotatable bonds is 6. The smallest absolute Gasteiger partial charge is 0.343 e. The molecule has 0 radical (unpaired) electrons. The molecule has 1 heterocycles. The molecule has 0 aliphatic carbocycles. The maximum absolute atomic E-state index is 11.4. The van der Waals surface area contributed by atoms with Crippen LogP contribution >= 0.6 is 11.8 Å². The standard InChI is InChI=1S/C10H15N3O3S/c1-3-16-9(14)7-6-12-10(13-8(7)11)17-5-4-15-2/h6H,3-5H2,1-2H3,(H2,11,12,13). The minimum absolute atomic E-state index is 0.137. The molecule has 0 spiro atoms. The van der Waals surface area contributed by atoms with E-state index in [0.717, 1.165) is 5.75 Å². The Labute approximate surface area is 104 Å². The van der Waals surface area contributed by atoms with E-state index in [2.05, 4.69) is 9.97 Å². The van der Waals surface area contributed by atoms with Crippen LogP contribution in [-0.4, -0.2) is 42.0 Å². The van der Waals surface area contributed by atoms with Gasteiger partial charge in [0.2, 0.25) is 0 Å². The fourth-order valence-electron chi connectivity index (χ4n) is 1.03. The van der Waals surface area contributed by atoms with Crippen molar-refractivity contribution in [3.05, 3.63) is 11.8 Å². The SMILES string of the molecule is CCOC(=O)c1cnc(SCCOC)nc1N. The Morgan fingerprint density at radius 1 is 1.59 bits per heavy atom. The number of methoxy groups -OCH3 is 1. The second-order valence-electron chi connectivity index (χ2n) is 3.01. The summed E-state index contributed by atoms with van der Waals surface area (Å²) in [7, 11) is 1.62. The van der Waals surface area contributed by atoms with Crippen molar-refractivity contribution >= 4 is 23.5 Å². The predicted molar refractivity (Wildman–Crippen MR) is 65.0 cm³/mol. The lowest BCUT2D eigenvalue weighted by Crippen LogP contribution is -2.10. The van der Waals surface area contributed by atoms with E-state index in [-0.39, 0.29) is 11.4 Å². The van der Waals surface area contributed by atoms with E-state index in [0.29, 0.717) is 18.4 Å². The number of nitrogen functional groups attached to an aromatic ring is 1. The number of thioether (sulfide) groups is 1. The lowest BCUT2D eigenvalue weighted by atomic mass is 10.3. The van der Waals surface area contributed by atoms with Crippen molar-refractivity contribution in [1.82, 2.24) is 9.97 Å². The molecular formula is C10H15N3O3S. The summed E-state index contributed by atoms with van der Waals surface area (Å²) in [5, 5.41) is 0.521. The van der Waals surface area contributed by atoms with Gasteiger partial charge in [-0.05, 0) is 6.92 Å². The molecule has 17 heavy (non-hydrogen) atoms. The van der Waals surface area contributed by atoms with Gasteiger partial charge in [-0.3, -0.25) is 0 Å². The number of nitrogens with two attached hydrogens (primary N) is 1. The first-order valence-corrected chi connectivity index (χ1v) is 6.09. The molecule has 0 unspecified atom stereocenters. The average Bonchev–Trinajstić information content (AvgIpc) is 2.29. The minimum atomic E-state index is -0.501. The summed E-state index contributed by atoms with van der Waals surface area (Å²) in [6.45, 7) is 2.63. The highest BCUT2D eigenvalue weighted by Gasteiger charge is 2.13. The molecule has 1 aromatic heterocycles. The Hall–Kier alpha value is -1.34. The minimum Gasteiger partial charge on any atom is -0.462 e. The molecule has 0 aliphatic heterocycles. The number of carbonyl (C=O) groups excluding carboxylic acids is 1. The van der Waals surface area contributed by atoms with Gasteiger partial charge in [0.05, 0.1) is 13.2 Å². The normalized spacial score (nSPS) is 10.2. The highest BCUT2D eigenvalue weighted by molar-refractivity contribution is 7.99. The summed E-state index contributed by atoms with van der Waals surface area (Å²) in [5.74, 6) is 0.367. The molecule has 94 valence electrons. The Balaban J connectivity index is 2.68. The van der Waals surface area contributed by atoms with Crippen molar-refractivity contribution in [1.29, 1.82) is 0 Å². The van der Waals surface area contributed by atoms with Crippen LogP contribution in [0.2, 0.25) is 0 Å². The molecule has 0 aromatic carbocycles. The van der Waals surface area contributed by atoms with Crippen molar-refractivity contribution in [2.45, 2.75) is 12.1 Å². The molecule has 6 nitrogen and oxygen atoms in total. The summed E-state index contributed by atoms with van der Waals surface area (Å²) in [6, 6.07) is 0. The summed E-state index contributed by atoms with van der Waals surface area (Å²) < 4.78 is 9.73. The quantitative estimate of drug-likeness (QED) is 0.351. The largest absolute Gasteiger partial charge is 0.462 e. The van der Waals surface area contributed by atoms with Crippen LogP contribution < -0.4 is 5.73 Å². The molecule has 2 N–H and O–H groups in total. The summed E-state index contributed by atoms with van der Waals surface area (Å²) in [6.07, 6.45) is 1.38. The first-order valence-electron chi connectivity index (χ1n) is 5.10. The molecule has 0 atom stereocenters. The van der Waals surface area contributed by atoms with Gasteiger partial charge >= 0.3 is 5.97 Å². The first-order chi connectivity index (χ1) is 8.19. The van der Waals surface area contributed by atoms with E-state index in [1.165, 1.54) is 18.0 Å². The zero-order valence-corrected chi connectivity index (χ0v) is 10.6. The molecular weight excluding hydrogens is 242 g/mol. The zero-order valence-electron chi connectivity index (χ0n) is 9.80. The predicted octanol–water partition coefficient (Wildman–Crippen LogP) is 0.974. The Morgan fingerprint density at radius 3 is 2.94 bits per heavy atom. The van der Waals surface area contributed by atoms with Gasteiger partial charge in [-0.25, -0.2) is 14.8 Å². The second-order valence-corrected chi connectivity index (χ2v) is 4.08. The second kappa shape index (κ2) is 7.08. The van der Waals surface area contributed by atoms with Gasteiger partial charge < -0.3 is 15.2 Å². The monoisotopic (exact) mass is 257 g/mol. The highest BCUT2D eigenvalue weighted by atomic mass is 32.2. The van der Waals surface area contributed by atoms with Crippen molar-refractivity contribution in [2.24, 2.45) is 0 Å². The molecule has 1 aromatic rings. The zero-order chi connectivity index (χ0) is 12.7. The number of anilines is 1. The third-order valence-electron chi connectivity index (χ3n) is 1.81. The number of hydrogen-bond acceptors (Lipinski definition) is 7. The van der Waals surface area contributed by atoms with Gasteiger partial charge in [0.1, 0.15) is 11.4 Å². The fraction of sp³-hybridized carbons (Fsp3) is 0.500. The van der Waals surface area contributed by atoms with Gasteiger partial charge in [0.25, 0.3) is 0 Å². The number of aromatic nitrogens is 2. The molecule has 0 amide bonds. The van der Waals surface area contributed by atoms with Crippen LogP contribution in [0.1, 0.15) is 17.3 Å². The van der Waals surface area contributed by atoms with Crippen molar-refractivity contribution in [3.8, 4) is 0 Å². The van der Waals surface area contributed by atoms with E-state index < -0.39 is 5.97 Å². The van der Waals surface area contributed by atoms with E-state index in [4.69, 9.17) is 15.2 Å². The van der Waals surface area contributed by atoms with Gasteiger partial charge in [-0.1, -0.05) is 11.8 Å². The number of esters is 1. The molecule has 0 bridgehead atoms. The van der Waals surface area contributed by atoms with E-state index in [9.17, 15) is 4.79 Å². The lowest BCUT2D eigenvalue weighted by Gasteiger charge is -2.05. The average molecular weight is 257 g/mol. The molecule has 0 saturated heterocycles. The van der Waals surface area contributed by atoms with Crippen LogP contribution in [0, 0.1) is 0 Å². The summed E-state index contributed by atoms with van der Waals surface area (Å²) in [5.41, 5.74) is 5.86.